The van der Waals surface area contributed by atoms with Crippen LogP contribution in [0.1, 0.15) is 26.2 Å². The lowest BCUT2D eigenvalue weighted by molar-refractivity contribution is -0.141. The van der Waals surface area contributed by atoms with Crippen LogP contribution in [0.4, 0.5) is 13.2 Å². The molecule has 0 aromatic carbocycles. The summed E-state index contributed by atoms with van der Waals surface area (Å²) in [6.45, 7) is 1.58. The van der Waals surface area contributed by atoms with Gasteiger partial charge in [-0.3, -0.25) is 9.69 Å². The van der Waals surface area contributed by atoms with Gasteiger partial charge in [-0.05, 0) is 33.2 Å². The van der Waals surface area contributed by atoms with Gasteiger partial charge in [0.15, 0.2) is 0 Å². The Balaban J connectivity index is 2.33. The molecule has 0 aromatic heterocycles. The maximum atomic E-state index is 12.0. The van der Waals surface area contributed by atoms with Crippen molar-refractivity contribution in [3.05, 3.63) is 0 Å². The van der Waals surface area contributed by atoms with Gasteiger partial charge in [0.25, 0.3) is 0 Å². The number of carbonyl (C=O) groups excluding carboxylic acids is 1. The summed E-state index contributed by atoms with van der Waals surface area (Å²) in [6, 6.07) is -0.604. The summed E-state index contributed by atoms with van der Waals surface area (Å²) >= 11 is 0. The molecule has 0 unspecified atom stereocenters. The second-order valence-corrected chi connectivity index (χ2v) is 4.94. The predicted octanol–water partition coefficient (Wildman–Crippen LogP) is 1.55. The molecule has 1 saturated heterocycles. The van der Waals surface area contributed by atoms with E-state index in [1.165, 1.54) is 0 Å². The highest BCUT2D eigenvalue weighted by atomic mass is 19.4. The number of nitrogens with one attached hydrogen (secondary N) is 1. The molecule has 0 spiro atoms. The minimum absolute atomic E-state index is 0.0663. The zero-order valence-electron chi connectivity index (χ0n) is 11.3. The molecule has 0 aromatic rings. The molecule has 1 rings (SSSR count). The molecule has 7 heteroatoms. The van der Waals surface area contributed by atoms with E-state index in [-0.39, 0.29) is 6.10 Å². The summed E-state index contributed by atoms with van der Waals surface area (Å²) in [5.41, 5.74) is 0. The Kier molecular flexibility index (Phi) is 6.06. The fourth-order valence-corrected chi connectivity index (χ4v) is 1.97. The Hall–Kier alpha value is -0.820. The van der Waals surface area contributed by atoms with Crippen LogP contribution < -0.4 is 5.32 Å². The maximum Gasteiger partial charge on any atom is 0.405 e. The smallest absolute Gasteiger partial charge is 0.377 e. The van der Waals surface area contributed by atoms with E-state index in [9.17, 15) is 18.0 Å². The van der Waals surface area contributed by atoms with E-state index in [0.717, 1.165) is 19.3 Å². The quantitative estimate of drug-likeness (QED) is 0.832. The lowest BCUT2D eigenvalue weighted by Crippen LogP contribution is -2.48. The van der Waals surface area contributed by atoms with Gasteiger partial charge in [0.2, 0.25) is 5.91 Å². The molecule has 0 radical (unpaired) electrons. The fraction of sp³-hybridized carbons (Fsp3) is 0.917. The van der Waals surface area contributed by atoms with Crippen molar-refractivity contribution in [2.75, 3.05) is 26.7 Å². The van der Waals surface area contributed by atoms with Crippen LogP contribution in [0.15, 0.2) is 0 Å². The number of rotatable bonds is 5. The molecule has 1 fully saturated rings. The Morgan fingerprint density at radius 3 is 2.68 bits per heavy atom. The van der Waals surface area contributed by atoms with Gasteiger partial charge in [0.1, 0.15) is 6.54 Å². The van der Waals surface area contributed by atoms with Gasteiger partial charge in [-0.2, -0.15) is 13.2 Å². The van der Waals surface area contributed by atoms with Gasteiger partial charge in [0.05, 0.1) is 12.1 Å². The lowest BCUT2D eigenvalue weighted by Gasteiger charge is -2.30. The van der Waals surface area contributed by atoms with Crippen LogP contribution in [0.25, 0.3) is 0 Å². The van der Waals surface area contributed by atoms with Crippen LogP contribution in [0, 0.1) is 0 Å². The number of carbonyl (C=O) groups is 1. The third-order valence-corrected chi connectivity index (χ3v) is 3.27. The van der Waals surface area contributed by atoms with Crippen molar-refractivity contribution < 1.29 is 22.7 Å². The highest BCUT2D eigenvalue weighted by Gasteiger charge is 2.30. The summed E-state index contributed by atoms with van der Waals surface area (Å²) in [4.78, 5) is 13.3. The minimum atomic E-state index is -4.37. The van der Waals surface area contributed by atoms with Crippen molar-refractivity contribution >= 4 is 5.91 Å². The molecule has 0 saturated carbocycles. The molecule has 19 heavy (non-hydrogen) atoms. The first-order valence-electron chi connectivity index (χ1n) is 6.46. The molecule has 2 atom stereocenters. The Morgan fingerprint density at radius 2 is 2.16 bits per heavy atom. The summed E-state index contributed by atoms with van der Waals surface area (Å²) in [5, 5.41) is 1.89. The van der Waals surface area contributed by atoms with Crippen LogP contribution in [-0.4, -0.2) is 55.9 Å². The van der Waals surface area contributed by atoms with Crippen molar-refractivity contribution in [2.45, 2.75) is 44.5 Å². The summed E-state index contributed by atoms with van der Waals surface area (Å²) in [6.07, 6.45) is -1.24. The molecule has 4 nitrogen and oxygen atoms in total. The summed E-state index contributed by atoms with van der Waals surface area (Å²) in [7, 11) is 1.72. The Labute approximate surface area is 111 Å². The van der Waals surface area contributed by atoms with Gasteiger partial charge >= 0.3 is 6.18 Å². The van der Waals surface area contributed by atoms with Crippen LogP contribution in [0.3, 0.4) is 0 Å². The van der Waals surface area contributed by atoms with E-state index < -0.39 is 24.7 Å². The number of amides is 1. The third kappa shape index (κ3) is 6.24. The molecule has 0 bridgehead atoms. The Bertz CT molecular complexity index is 291. The van der Waals surface area contributed by atoms with Crippen molar-refractivity contribution in [3.63, 3.8) is 0 Å². The van der Waals surface area contributed by atoms with Crippen molar-refractivity contribution in [1.82, 2.24) is 10.2 Å². The average Bonchev–Trinajstić information content (AvgIpc) is 2.35. The highest BCUT2D eigenvalue weighted by molar-refractivity contribution is 5.81. The summed E-state index contributed by atoms with van der Waals surface area (Å²) < 4.78 is 41.6. The fourth-order valence-electron chi connectivity index (χ4n) is 1.97. The van der Waals surface area contributed by atoms with E-state index >= 15 is 0 Å². The lowest BCUT2D eigenvalue weighted by atomic mass is 10.1. The van der Waals surface area contributed by atoms with Crippen LogP contribution in [0.5, 0.6) is 0 Å². The number of nitrogens with zero attached hydrogens (tertiary/aromatic N) is 1. The van der Waals surface area contributed by atoms with Crippen LogP contribution in [0.2, 0.25) is 0 Å². The van der Waals surface area contributed by atoms with E-state index in [1.54, 1.807) is 18.9 Å². The van der Waals surface area contributed by atoms with Crippen molar-refractivity contribution in [3.8, 4) is 0 Å². The average molecular weight is 282 g/mol. The summed E-state index contributed by atoms with van der Waals surface area (Å²) in [5.74, 6) is -0.615. The molecule has 1 N–H and O–H groups in total. The Morgan fingerprint density at radius 1 is 1.47 bits per heavy atom. The number of ether oxygens (including phenoxy) is 1. The highest BCUT2D eigenvalue weighted by Crippen LogP contribution is 2.15. The topological polar surface area (TPSA) is 41.6 Å². The van der Waals surface area contributed by atoms with Crippen molar-refractivity contribution in [2.24, 2.45) is 0 Å². The molecule has 1 amide bonds. The normalized spacial score (nSPS) is 22.3. The second-order valence-electron chi connectivity index (χ2n) is 4.94. The van der Waals surface area contributed by atoms with Gasteiger partial charge in [-0.1, -0.05) is 0 Å². The largest absolute Gasteiger partial charge is 0.405 e. The number of halogens is 3. The minimum Gasteiger partial charge on any atom is -0.377 e. The van der Waals surface area contributed by atoms with Gasteiger partial charge < -0.3 is 10.1 Å². The number of hydrogen-bond donors (Lipinski definition) is 1. The molecule has 1 aliphatic rings. The van der Waals surface area contributed by atoms with E-state index in [4.69, 9.17) is 4.74 Å². The standard InChI is InChI=1S/C12H21F3N2O2/c1-9(11(18)16-8-12(13,14)15)17(2)7-10-5-3-4-6-19-10/h9-10H,3-8H2,1-2H3,(H,16,18)/t9-,10+/m0/s1. The zero-order chi connectivity index (χ0) is 14.5. The van der Waals surface area contributed by atoms with Crippen LogP contribution >= 0.6 is 0 Å². The number of likely N-dealkylation sites (N-methyl/N-ethyl adjacent to an activating group) is 1. The second kappa shape index (κ2) is 7.09. The SMILES string of the molecule is C[C@@H](C(=O)NCC(F)(F)F)N(C)C[C@H]1CCCCO1. The van der Waals surface area contributed by atoms with E-state index in [0.29, 0.717) is 13.2 Å². The zero-order valence-corrected chi connectivity index (χ0v) is 11.3. The number of alkyl halides is 3. The van der Waals surface area contributed by atoms with Gasteiger partial charge in [-0.25, -0.2) is 0 Å². The van der Waals surface area contributed by atoms with E-state index in [1.807, 2.05) is 5.32 Å². The molecule has 1 heterocycles. The molecular weight excluding hydrogens is 261 g/mol. The molecular formula is C12H21F3N2O2. The monoisotopic (exact) mass is 282 g/mol. The molecule has 1 aliphatic heterocycles. The maximum absolute atomic E-state index is 12.0. The third-order valence-electron chi connectivity index (χ3n) is 3.27. The predicted molar refractivity (Wildman–Crippen MR) is 64.7 cm³/mol. The van der Waals surface area contributed by atoms with Gasteiger partial charge in [0, 0.05) is 13.2 Å². The first-order chi connectivity index (χ1) is 8.79. The molecule has 0 aliphatic carbocycles. The first kappa shape index (κ1) is 16.2. The first-order valence-corrected chi connectivity index (χ1v) is 6.46. The molecule has 112 valence electrons. The van der Waals surface area contributed by atoms with Crippen molar-refractivity contribution in [1.29, 1.82) is 0 Å². The number of hydrogen-bond acceptors (Lipinski definition) is 3. The van der Waals surface area contributed by atoms with E-state index in [2.05, 4.69) is 0 Å². The van der Waals surface area contributed by atoms with Gasteiger partial charge in [-0.15, -0.1) is 0 Å². The van der Waals surface area contributed by atoms with Crippen LogP contribution in [-0.2, 0) is 9.53 Å².